The number of likely N-dealkylation sites (tertiary alicyclic amines) is 1. The van der Waals surface area contributed by atoms with Gasteiger partial charge in [-0.2, -0.15) is 5.10 Å². The predicted octanol–water partition coefficient (Wildman–Crippen LogP) is 3.33. The minimum Gasteiger partial charge on any atom is -0.404 e. The average Bonchev–Trinajstić information content (AvgIpc) is 3.22. The van der Waals surface area contributed by atoms with E-state index >= 15 is 0 Å². The van der Waals surface area contributed by atoms with Gasteiger partial charge in [-0.25, -0.2) is 9.50 Å². The molecule has 0 amide bonds. The summed E-state index contributed by atoms with van der Waals surface area (Å²) in [4.78, 5) is 16.1. The first kappa shape index (κ1) is 20.3. The number of fused-ring (bicyclic) bond motifs is 2. The fourth-order valence-electron chi connectivity index (χ4n) is 4.16. The number of aliphatic imine (C=N–C) groups is 1. The Labute approximate surface area is 187 Å². The fourth-order valence-corrected chi connectivity index (χ4v) is 4.16. The minimum absolute atomic E-state index is 0.344. The molecule has 1 aliphatic rings. The van der Waals surface area contributed by atoms with Crippen molar-refractivity contribution >= 4 is 28.3 Å². The highest BCUT2D eigenvalue weighted by Gasteiger charge is 2.15. The van der Waals surface area contributed by atoms with Crippen LogP contribution in [0, 0.1) is 0 Å². The fraction of sp³-hybridized carbons (Fsp3) is 0.280. The van der Waals surface area contributed by atoms with Crippen molar-refractivity contribution in [1.29, 1.82) is 0 Å². The van der Waals surface area contributed by atoms with E-state index in [1.54, 1.807) is 6.20 Å². The number of benzene rings is 1. The number of hydrogen-bond acceptors (Lipinski definition) is 6. The number of pyridine rings is 1. The van der Waals surface area contributed by atoms with Gasteiger partial charge >= 0.3 is 0 Å². The molecule has 0 aliphatic carbocycles. The molecule has 5 rings (SSSR count). The Bertz CT molecular complexity index is 1300. The van der Waals surface area contributed by atoms with Gasteiger partial charge in [-0.1, -0.05) is 12.1 Å². The van der Waals surface area contributed by atoms with Crippen LogP contribution < -0.4 is 5.73 Å². The molecule has 162 valence electrons. The van der Waals surface area contributed by atoms with E-state index < -0.39 is 0 Å². The van der Waals surface area contributed by atoms with Gasteiger partial charge in [-0.3, -0.25) is 9.98 Å². The zero-order valence-corrected chi connectivity index (χ0v) is 18.2. The normalized spacial score (nSPS) is 16.5. The van der Waals surface area contributed by atoms with Crippen molar-refractivity contribution in [2.75, 3.05) is 20.1 Å². The minimum atomic E-state index is 0.344. The topological polar surface area (TPSA) is 84.7 Å². The summed E-state index contributed by atoms with van der Waals surface area (Å²) in [5, 5.41) is 5.97. The van der Waals surface area contributed by atoms with Crippen LogP contribution in [0.1, 0.15) is 29.8 Å². The number of allylic oxidation sites excluding steroid dienone is 1. The molecule has 1 aromatic carbocycles. The van der Waals surface area contributed by atoms with Crippen LogP contribution in [0.4, 0.5) is 0 Å². The highest BCUT2D eigenvalue weighted by Crippen LogP contribution is 2.19. The van der Waals surface area contributed by atoms with E-state index in [0.29, 0.717) is 6.04 Å². The number of rotatable bonds is 5. The summed E-state index contributed by atoms with van der Waals surface area (Å²) in [7, 11) is 2.15. The standard InChI is InChI=1S/C25H27N7/c1-31-11-8-21(9-12-31)28-16-20(15-26)24-6-7-25-29-17-22(32(25)30-24)14-18-4-5-23-19(13-18)3-2-10-27-23/h2-7,10,13,15-17,21H,8-9,11-12,14,26H2,1H3. The van der Waals surface area contributed by atoms with E-state index in [1.165, 1.54) is 5.56 Å². The van der Waals surface area contributed by atoms with E-state index in [2.05, 4.69) is 46.2 Å². The molecule has 0 radical (unpaired) electrons. The van der Waals surface area contributed by atoms with Crippen molar-refractivity contribution in [3.05, 3.63) is 78.0 Å². The quantitative estimate of drug-likeness (QED) is 0.496. The number of hydrogen-bond donors (Lipinski definition) is 1. The second-order valence-electron chi connectivity index (χ2n) is 8.38. The maximum absolute atomic E-state index is 5.94. The van der Waals surface area contributed by atoms with Gasteiger partial charge in [0.05, 0.1) is 29.1 Å². The maximum atomic E-state index is 5.94. The molecule has 4 heterocycles. The maximum Gasteiger partial charge on any atom is 0.153 e. The summed E-state index contributed by atoms with van der Waals surface area (Å²) >= 11 is 0. The molecule has 1 aliphatic heterocycles. The Kier molecular flexibility index (Phi) is 5.64. The summed E-state index contributed by atoms with van der Waals surface area (Å²) in [6.45, 7) is 2.16. The molecular formula is C25H27N7. The van der Waals surface area contributed by atoms with Gasteiger partial charge < -0.3 is 10.6 Å². The van der Waals surface area contributed by atoms with Crippen molar-refractivity contribution in [3.8, 4) is 0 Å². The third-order valence-corrected chi connectivity index (χ3v) is 6.07. The largest absolute Gasteiger partial charge is 0.404 e. The first-order valence-electron chi connectivity index (χ1n) is 11.0. The van der Waals surface area contributed by atoms with E-state index in [0.717, 1.165) is 65.9 Å². The Morgan fingerprint density at radius 2 is 2.03 bits per heavy atom. The lowest BCUT2D eigenvalue weighted by Crippen LogP contribution is -2.32. The Hall–Kier alpha value is -3.58. The average molecular weight is 426 g/mol. The van der Waals surface area contributed by atoms with Crippen molar-refractivity contribution < 1.29 is 0 Å². The smallest absolute Gasteiger partial charge is 0.153 e. The van der Waals surface area contributed by atoms with Crippen LogP contribution in [0.3, 0.4) is 0 Å². The van der Waals surface area contributed by atoms with Crippen LogP contribution >= 0.6 is 0 Å². The van der Waals surface area contributed by atoms with Crippen LogP contribution in [0.2, 0.25) is 0 Å². The summed E-state index contributed by atoms with van der Waals surface area (Å²) in [5.74, 6) is 0. The van der Waals surface area contributed by atoms with Gasteiger partial charge in [0.2, 0.25) is 0 Å². The molecular weight excluding hydrogens is 398 g/mol. The second kappa shape index (κ2) is 8.88. The van der Waals surface area contributed by atoms with Crippen LogP contribution in [-0.4, -0.2) is 56.9 Å². The first-order chi connectivity index (χ1) is 15.7. The first-order valence-corrected chi connectivity index (χ1v) is 11.0. The molecule has 32 heavy (non-hydrogen) atoms. The third kappa shape index (κ3) is 4.24. The highest BCUT2D eigenvalue weighted by molar-refractivity contribution is 6.08. The van der Waals surface area contributed by atoms with Crippen molar-refractivity contribution in [3.63, 3.8) is 0 Å². The SMILES string of the molecule is CN1CCC(N=CC(=CN)c2ccc3ncc(Cc4ccc5ncccc5c4)n3n2)CC1. The highest BCUT2D eigenvalue weighted by atomic mass is 15.3. The molecule has 2 N–H and O–H groups in total. The molecule has 0 atom stereocenters. The summed E-state index contributed by atoms with van der Waals surface area (Å²) in [5.41, 5.74) is 11.6. The van der Waals surface area contributed by atoms with Gasteiger partial charge in [0, 0.05) is 36.0 Å². The van der Waals surface area contributed by atoms with Crippen molar-refractivity contribution in [2.24, 2.45) is 10.7 Å². The molecule has 0 bridgehead atoms. The van der Waals surface area contributed by atoms with Crippen LogP contribution in [0.25, 0.3) is 22.1 Å². The number of piperidine rings is 1. The van der Waals surface area contributed by atoms with Crippen LogP contribution in [0.5, 0.6) is 0 Å². The molecule has 4 aromatic rings. The van der Waals surface area contributed by atoms with Gasteiger partial charge in [-0.05, 0) is 68.9 Å². The van der Waals surface area contributed by atoms with Gasteiger partial charge in [0.25, 0.3) is 0 Å². The van der Waals surface area contributed by atoms with Crippen molar-refractivity contribution in [2.45, 2.75) is 25.3 Å². The monoisotopic (exact) mass is 425 g/mol. The molecule has 7 nitrogen and oxygen atoms in total. The number of aromatic nitrogens is 4. The van der Waals surface area contributed by atoms with E-state index in [1.807, 2.05) is 41.3 Å². The molecule has 3 aromatic heterocycles. The Morgan fingerprint density at radius 3 is 2.88 bits per heavy atom. The van der Waals surface area contributed by atoms with Crippen LogP contribution in [-0.2, 0) is 6.42 Å². The van der Waals surface area contributed by atoms with Crippen LogP contribution in [0.15, 0.2) is 66.1 Å². The second-order valence-corrected chi connectivity index (χ2v) is 8.38. The third-order valence-electron chi connectivity index (χ3n) is 6.07. The van der Waals surface area contributed by atoms with E-state index in [4.69, 9.17) is 15.8 Å². The number of nitrogens with zero attached hydrogens (tertiary/aromatic N) is 6. The van der Waals surface area contributed by atoms with Gasteiger partial charge in [0.15, 0.2) is 5.65 Å². The lowest BCUT2D eigenvalue weighted by atomic mass is 10.1. The predicted molar refractivity (Wildman–Crippen MR) is 129 cm³/mol. The zero-order valence-electron chi connectivity index (χ0n) is 18.2. The lowest BCUT2D eigenvalue weighted by molar-refractivity contribution is 0.257. The van der Waals surface area contributed by atoms with Gasteiger partial charge in [0.1, 0.15) is 0 Å². The molecule has 1 saturated heterocycles. The summed E-state index contributed by atoms with van der Waals surface area (Å²) in [6, 6.07) is 14.7. The molecule has 0 saturated carbocycles. The molecule has 1 fully saturated rings. The summed E-state index contributed by atoms with van der Waals surface area (Å²) in [6.07, 6.45) is 10.0. The Morgan fingerprint density at radius 1 is 1.16 bits per heavy atom. The van der Waals surface area contributed by atoms with Gasteiger partial charge in [-0.15, -0.1) is 0 Å². The molecule has 0 spiro atoms. The van der Waals surface area contributed by atoms with E-state index in [-0.39, 0.29) is 0 Å². The zero-order chi connectivity index (χ0) is 21.9. The van der Waals surface area contributed by atoms with E-state index in [9.17, 15) is 0 Å². The Balaban J connectivity index is 1.40. The molecule has 0 unspecified atom stereocenters. The number of nitrogens with two attached hydrogens (primary N) is 1. The molecule has 7 heteroatoms. The lowest BCUT2D eigenvalue weighted by Gasteiger charge is -2.26. The summed E-state index contributed by atoms with van der Waals surface area (Å²) < 4.78 is 1.90. The number of imidazole rings is 1. The van der Waals surface area contributed by atoms with Crippen molar-refractivity contribution in [1.82, 2.24) is 24.5 Å².